The van der Waals surface area contributed by atoms with Gasteiger partial charge in [-0.25, -0.2) is 14.0 Å². The number of rotatable bonds is 7. The number of amides is 1. The molecule has 0 spiro atoms. The standard InChI is InChI=1S/C16H24FN3O7/c1-3-8(4-2)7-26-16(25)19-13-9(17)5-20(15(24)18-13)14-12(23)11(22)10(6-21)27-14/h5,8,10-12,14,21-23H,3-4,6-7H2,1-2H3,(H,18,19,24,25)/t10-,11-,12-,14?/m1/s1. The van der Waals surface area contributed by atoms with Gasteiger partial charge in [-0.15, -0.1) is 0 Å². The first-order chi connectivity index (χ1) is 12.8. The lowest BCUT2D eigenvalue weighted by atomic mass is 10.1. The largest absolute Gasteiger partial charge is 0.449 e. The third kappa shape index (κ3) is 4.80. The summed E-state index contributed by atoms with van der Waals surface area (Å²) in [4.78, 5) is 27.3. The predicted molar refractivity (Wildman–Crippen MR) is 90.5 cm³/mol. The first-order valence-electron chi connectivity index (χ1n) is 8.67. The van der Waals surface area contributed by atoms with E-state index < -0.39 is 54.6 Å². The van der Waals surface area contributed by atoms with E-state index in [9.17, 15) is 24.2 Å². The Bertz CT molecular complexity index is 710. The Hall–Kier alpha value is -2.08. The summed E-state index contributed by atoms with van der Waals surface area (Å²) < 4.78 is 25.0. The lowest BCUT2D eigenvalue weighted by Crippen LogP contribution is -2.36. The summed E-state index contributed by atoms with van der Waals surface area (Å²) in [5.74, 6) is -1.52. The second-order valence-corrected chi connectivity index (χ2v) is 6.26. The minimum atomic E-state index is -1.56. The number of aromatic nitrogens is 2. The number of nitrogens with zero attached hydrogens (tertiary/aromatic N) is 2. The lowest BCUT2D eigenvalue weighted by Gasteiger charge is -2.18. The molecule has 27 heavy (non-hydrogen) atoms. The Morgan fingerprint density at radius 3 is 2.63 bits per heavy atom. The topological polar surface area (TPSA) is 143 Å². The fourth-order valence-electron chi connectivity index (χ4n) is 2.68. The van der Waals surface area contributed by atoms with Gasteiger partial charge >= 0.3 is 11.8 Å². The minimum absolute atomic E-state index is 0.153. The molecule has 2 rings (SSSR count). The highest BCUT2D eigenvalue weighted by Crippen LogP contribution is 2.28. The van der Waals surface area contributed by atoms with Gasteiger partial charge < -0.3 is 24.8 Å². The Kier molecular flexibility index (Phi) is 7.25. The summed E-state index contributed by atoms with van der Waals surface area (Å²) in [6.45, 7) is 3.46. The van der Waals surface area contributed by atoms with Gasteiger partial charge in [0.2, 0.25) is 0 Å². The highest BCUT2D eigenvalue weighted by molar-refractivity contribution is 5.83. The van der Waals surface area contributed by atoms with Crippen molar-refractivity contribution in [1.82, 2.24) is 9.55 Å². The molecule has 1 aromatic heterocycles. The van der Waals surface area contributed by atoms with E-state index >= 15 is 0 Å². The maximum Gasteiger partial charge on any atom is 0.412 e. The van der Waals surface area contributed by atoms with Crippen LogP contribution in [-0.4, -0.2) is 62.5 Å². The van der Waals surface area contributed by atoms with Crippen LogP contribution in [0.5, 0.6) is 0 Å². The van der Waals surface area contributed by atoms with Crippen molar-refractivity contribution in [3.8, 4) is 0 Å². The number of anilines is 1. The van der Waals surface area contributed by atoms with E-state index in [4.69, 9.17) is 14.6 Å². The molecule has 1 amide bonds. The van der Waals surface area contributed by atoms with Crippen LogP contribution < -0.4 is 11.0 Å². The summed E-state index contributed by atoms with van der Waals surface area (Å²) in [5, 5.41) is 30.8. The Balaban J connectivity index is 2.11. The molecule has 2 heterocycles. The van der Waals surface area contributed by atoms with Gasteiger partial charge in [-0.05, 0) is 5.92 Å². The second-order valence-electron chi connectivity index (χ2n) is 6.26. The molecule has 4 atom stereocenters. The number of aliphatic hydroxyl groups excluding tert-OH is 3. The number of nitrogens with one attached hydrogen (secondary N) is 1. The van der Waals surface area contributed by atoms with Crippen LogP contribution in [0.2, 0.25) is 0 Å². The number of ether oxygens (including phenoxy) is 2. The molecule has 1 fully saturated rings. The summed E-state index contributed by atoms with van der Waals surface area (Å²) >= 11 is 0. The zero-order chi connectivity index (χ0) is 20.1. The molecule has 0 aromatic carbocycles. The molecule has 0 saturated carbocycles. The Morgan fingerprint density at radius 1 is 1.41 bits per heavy atom. The third-order valence-electron chi connectivity index (χ3n) is 4.52. The average molecular weight is 389 g/mol. The molecule has 1 aromatic rings. The highest BCUT2D eigenvalue weighted by atomic mass is 19.1. The highest BCUT2D eigenvalue weighted by Gasteiger charge is 2.44. The number of aliphatic hydroxyl groups is 3. The van der Waals surface area contributed by atoms with E-state index in [0.717, 1.165) is 12.8 Å². The molecule has 1 aliphatic rings. The number of carbonyl (C=O) groups is 1. The van der Waals surface area contributed by atoms with Gasteiger partial charge in [0.1, 0.15) is 18.3 Å². The van der Waals surface area contributed by atoms with E-state index in [0.29, 0.717) is 10.8 Å². The van der Waals surface area contributed by atoms with Crippen LogP contribution in [0.15, 0.2) is 11.0 Å². The molecule has 11 heteroatoms. The molecular weight excluding hydrogens is 365 g/mol. The average Bonchev–Trinajstić information content (AvgIpc) is 2.93. The van der Waals surface area contributed by atoms with Crippen LogP contribution in [-0.2, 0) is 9.47 Å². The van der Waals surface area contributed by atoms with Gasteiger partial charge in [0, 0.05) is 0 Å². The minimum Gasteiger partial charge on any atom is -0.449 e. The van der Waals surface area contributed by atoms with Crippen LogP contribution in [0, 0.1) is 11.7 Å². The van der Waals surface area contributed by atoms with E-state index in [-0.39, 0.29) is 12.5 Å². The molecule has 0 aliphatic carbocycles. The molecular formula is C16H24FN3O7. The first kappa shape index (κ1) is 21.2. The monoisotopic (exact) mass is 389 g/mol. The van der Waals surface area contributed by atoms with Crippen molar-refractivity contribution >= 4 is 11.9 Å². The molecule has 4 N–H and O–H groups in total. The quantitative estimate of drug-likeness (QED) is 0.509. The predicted octanol–water partition coefficient (Wildman–Crippen LogP) is -0.0214. The Morgan fingerprint density at radius 2 is 2.07 bits per heavy atom. The van der Waals surface area contributed by atoms with Crippen molar-refractivity contribution in [2.24, 2.45) is 5.92 Å². The van der Waals surface area contributed by atoms with Crippen molar-refractivity contribution in [1.29, 1.82) is 0 Å². The van der Waals surface area contributed by atoms with Gasteiger partial charge in [-0.1, -0.05) is 26.7 Å². The van der Waals surface area contributed by atoms with E-state index in [1.54, 1.807) is 0 Å². The van der Waals surface area contributed by atoms with Crippen LogP contribution in [0.25, 0.3) is 0 Å². The number of carbonyl (C=O) groups excluding carboxylic acids is 1. The Labute approximate surface area is 154 Å². The van der Waals surface area contributed by atoms with E-state index in [1.165, 1.54) is 0 Å². The maximum atomic E-state index is 14.2. The number of hydrogen-bond acceptors (Lipinski definition) is 8. The summed E-state index contributed by atoms with van der Waals surface area (Å²) in [7, 11) is 0. The van der Waals surface area contributed by atoms with E-state index in [2.05, 4.69) is 10.3 Å². The molecule has 1 saturated heterocycles. The molecule has 10 nitrogen and oxygen atoms in total. The molecule has 1 aliphatic heterocycles. The second kappa shape index (κ2) is 9.22. The molecule has 0 radical (unpaired) electrons. The summed E-state index contributed by atoms with van der Waals surface area (Å²) in [5.41, 5.74) is -1.03. The molecule has 152 valence electrons. The zero-order valence-corrected chi connectivity index (χ0v) is 15.0. The van der Waals surface area contributed by atoms with E-state index in [1.807, 2.05) is 13.8 Å². The summed E-state index contributed by atoms with van der Waals surface area (Å²) in [6, 6.07) is 0. The normalized spacial score (nSPS) is 25.0. The number of hydrogen-bond donors (Lipinski definition) is 4. The smallest absolute Gasteiger partial charge is 0.412 e. The van der Waals surface area contributed by atoms with Gasteiger partial charge in [0.05, 0.1) is 19.4 Å². The van der Waals surface area contributed by atoms with Gasteiger partial charge in [-0.3, -0.25) is 9.88 Å². The first-order valence-corrected chi connectivity index (χ1v) is 8.67. The summed E-state index contributed by atoms with van der Waals surface area (Å²) in [6.07, 6.45) is -4.20. The fourth-order valence-corrected chi connectivity index (χ4v) is 2.68. The fraction of sp³-hybridized carbons (Fsp3) is 0.688. The molecule has 0 bridgehead atoms. The van der Waals surface area contributed by atoms with Gasteiger partial charge in [0.25, 0.3) is 0 Å². The SMILES string of the molecule is CCC(CC)COC(=O)Nc1nc(=O)n(C2O[C@H](CO)[C@@H](O)[C@H]2O)cc1F. The van der Waals surface area contributed by atoms with Crippen LogP contribution in [0.3, 0.4) is 0 Å². The molecule has 1 unspecified atom stereocenters. The van der Waals surface area contributed by atoms with Crippen molar-refractivity contribution < 1.29 is 34.0 Å². The van der Waals surface area contributed by atoms with Crippen molar-refractivity contribution in [3.63, 3.8) is 0 Å². The number of halogens is 1. The zero-order valence-electron chi connectivity index (χ0n) is 15.0. The van der Waals surface area contributed by atoms with Gasteiger partial charge in [-0.2, -0.15) is 4.98 Å². The van der Waals surface area contributed by atoms with Crippen molar-refractivity contribution in [2.75, 3.05) is 18.5 Å². The lowest BCUT2D eigenvalue weighted by molar-refractivity contribution is -0.0553. The third-order valence-corrected chi connectivity index (χ3v) is 4.52. The maximum absolute atomic E-state index is 14.2. The van der Waals surface area contributed by atoms with Crippen molar-refractivity contribution in [2.45, 2.75) is 51.2 Å². The van der Waals surface area contributed by atoms with Crippen LogP contribution in [0.1, 0.15) is 32.9 Å². The van der Waals surface area contributed by atoms with Crippen molar-refractivity contribution in [3.05, 3.63) is 22.5 Å². The van der Waals surface area contributed by atoms with Crippen LogP contribution in [0.4, 0.5) is 15.0 Å². The van der Waals surface area contributed by atoms with Gasteiger partial charge in [0.15, 0.2) is 17.9 Å². The van der Waals surface area contributed by atoms with Crippen LogP contribution >= 0.6 is 0 Å².